The first-order valence-electron chi connectivity index (χ1n) is 4.28. The molecule has 2 bridgehead atoms. The minimum absolute atomic E-state index is 0.455. The summed E-state index contributed by atoms with van der Waals surface area (Å²) in [6.45, 7) is 0. The van der Waals surface area contributed by atoms with Gasteiger partial charge in [-0.1, -0.05) is 22.6 Å². The second-order valence-corrected chi connectivity index (χ2v) is 5.88. The third kappa shape index (κ3) is 1.35. The zero-order chi connectivity index (χ0) is 8.77. The lowest BCUT2D eigenvalue weighted by Crippen LogP contribution is -2.49. The summed E-state index contributed by atoms with van der Waals surface area (Å²) < 4.78 is -0.491. The summed E-state index contributed by atoms with van der Waals surface area (Å²) in [5, 5.41) is 12.5. The maximum absolute atomic E-state index is 11.0. The molecule has 0 aromatic carbocycles. The minimum Gasteiger partial charge on any atom is -0.480 e. The van der Waals surface area contributed by atoms with Gasteiger partial charge in [-0.2, -0.15) is 0 Å². The van der Waals surface area contributed by atoms with Crippen LogP contribution in [0.4, 0.5) is 0 Å². The summed E-state index contributed by atoms with van der Waals surface area (Å²) in [6.07, 6.45) is 3.89. The Morgan fingerprint density at radius 2 is 1.92 bits per heavy atom. The van der Waals surface area contributed by atoms with E-state index in [2.05, 4.69) is 27.9 Å². The lowest BCUT2D eigenvalue weighted by atomic mass is 9.92. The summed E-state index contributed by atoms with van der Waals surface area (Å²) in [4.78, 5) is 11.0. The van der Waals surface area contributed by atoms with Gasteiger partial charge < -0.3 is 10.4 Å². The number of piperidine rings is 1. The molecular formula is C8H12INO2. The largest absolute Gasteiger partial charge is 0.480 e. The molecule has 12 heavy (non-hydrogen) atoms. The molecule has 2 N–H and O–H groups in total. The highest BCUT2D eigenvalue weighted by Gasteiger charge is 2.46. The number of alkyl halides is 1. The monoisotopic (exact) mass is 281 g/mol. The van der Waals surface area contributed by atoms with Crippen LogP contribution in [0.2, 0.25) is 0 Å². The molecule has 4 heteroatoms. The van der Waals surface area contributed by atoms with E-state index in [0.29, 0.717) is 12.1 Å². The Hall–Kier alpha value is 0.160. The van der Waals surface area contributed by atoms with Gasteiger partial charge in [0.2, 0.25) is 0 Å². The van der Waals surface area contributed by atoms with Gasteiger partial charge in [0.15, 0.2) is 0 Å². The Morgan fingerprint density at radius 1 is 1.42 bits per heavy atom. The fourth-order valence-electron chi connectivity index (χ4n) is 2.26. The number of rotatable bonds is 1. The Labute approximate surface area is 85.0 Å². The normalized spacial score (nSPS) is 46.1. The van der Waals surface area contributed by atoms with Crippen molar-refractivity contribution in [2.75, 3.05) is 0 Å². The van der Waals surface area contributed by atoms with Gasteiger partial charge in [-0.15, -0.1) is 0 Å². The standard InChI is InChI=1S/C8H12INO2/c9-8(7(11)12)3-5-1-2-6(4-8)10-5/h5-6,10H,1-4H2,(H,11,12). The van der Waals surface area contributed by atoms with E-state index in [4.69, 9.17) is 5.11 Å². The smallest absolute Gasteiger partial charge is 0.319 e. The van der Waals surface area contributed by atoms with Crippen LogP contribution in [0.5, 0.6) is 0 Å². The molecule has 2 saturated heterocycles. The van der Waals surface area contributed by atoms with E-state index >= 15 is 0 Å². The molecule has 2 unspecified atom stereocenters. The number of carbonyl (C=O) groups is 1. The number of halogens is 1. The van der Waals surface area contributed by atoms with Gasteiger partial charge in [0.25, 0.3) is 0 Å². The number of nitrogens with one attached hydrogen (secondary N) is 1. The molecule has 2 aliphatic rings. The van der Waals surface area contributed by atoms with Gasteiger partial charge in [0.05, 0.1) is 0 Å². The lowest BCUT2D eigenvalue weighted by molar-refractivity contribution is -0.140. The Balaban J connectivity index is 2.15. The van der Waals surface area contributed by atoms with Gasteiger partial charge in [-0.25, -0.2) is 0 Å². The highest BCUT2D eigenvalue weighted by molar-refractivity contribution is 14.1. The average Bonchev–Trinajstić information content (AvgIpc) is 2.30. The number of aliphatic carboxylic acids is 1. The maximum Gasteiger partial charge on any atom is 0.319 e. The van der Waals surface area contributed by atoms with Crippen LogP contribution in [-0.2, 0) is 4.79 Å². The molecule has 0 aromatic heterocycles. The summed E-state index contributed by atoms with van der Waals surface area (Å²) in [5.41, 5.74) is 0. The summed E-state index contributed by atoms with van der Waals surface area (Å²) in [6, 6.07) is 0.911. The highest BCUT2D eigenvalue weighted by atomic mass is 127. The molecular weight excluding hydrogens is 269 g/mol. The van der Waals surface area contributed by atoms with E-state index in [1.807, 2.05) is 0 Å². The van der Waals surface area contributed by atoms with Crippen LogP contribution in [0.1, 0.15) is 25.7 Å². The molecule has 0 aromatic rings. The second-order valence-electron chi connectivity index (χ2n) is 3.82. The summed E-state index contributed by atoms with van der Waals surface area (Å²) >= 11 is 2.11. The van der Waals surface area contributed by atoms with E-state index in [1.54, 1.807) is 0 Å². The number of carboxylic acid groups (broad SMARTS) is 1. The molecule has 2 atom stereocenters. The summed E-state index contributed by atoms with van der Waals surface area (Å²) in [5.74, 6) is -0.637. The van der Waals surface area contributed by atoms with Crippen molar-refractivity contribution < 1.29 is 9.90 Å². The van der Waals surface area contributed by atoms with Crippen LogP contribution in [-0.4, -0.2) is 26.6 Å². The molecule has 2 aliphatic heterocycles. The molecule has 2 rings (SSSR count). The third-order valence-corrected chi connectivity index (χ3v) is 4.20. The minimum atomic E-state index is -0.637. The predicted octanol–water partition coefficient (Wildman–Crippen LogP) is 1.16. The molecule has 2 heterocycles. The van der Waals surface area contributed by atoms with E-state index in [-0.39, 0.29) is 0 Å². The van der Waals surface area contributed by atoms with Crippen LogP contribution >= 0.6 is 22.6 Å². The van der Waals surface area contributed by atoms with E-state index in [0.717, 1.165) is 25.7 Å². The SMILES string of the molecule is O=C(O)C1(I)CC2CCC(C1)N2. The van der Waals surface area contributed by atoms with Gasteiger partial charge in [-0.3, -0.25) is 4.79 Å². The van der Waals surface area contributed by atoms with Crippen molar-refractivity contribution in [3.8, 4) is 0 Å². The van der Waals surface area contributed by atoms with Crippen molar-refractivity contribution >= 4 is 28.6 Å². The zero-order valence-corrected chi connectivity index (χ0v) is 8.87. The van der Waals surface area contributed by atoms with Crippen LogP contribution in [0.3, 0.4) is 0 Å². The molecule has 0 aliphatic carbocycles. The van der Waals surface area contributed by atoms with Gasteiger partial charge in [0.1, 0.15) is 3.42 Å². The van der Waals surface area contributed by atoms with Crippen molar-refractivity contribution in [2.45, 2.75) is 41.2 Å². The number of fused-ring (bicyclic) bond motifs is 2. The molecule has 0 spiro atoms. The van der Waals surface area contributed by atoms with Crippen molar-refractivity contribution in [2.24, 2.45) is 0 Å². The topological polar surface area (TPSA) is 49.3 Å². The van der Waals surface area contributed by atoms with Gasteiger partial charge >= 0.3 is 5.97 Å². The first-order chi connectivity index (χ1) is 5.60. The molecule has 0 amide bonds. The summed E-state index contributed by atoms with van der Waals surface area (Å²) in [7, 11) is 0. The van der Waals surface area contributed by atoms with Crippen LogP contribution in [0.15, 0.2) is 0 Å². The Kier molecular flexibility index (Phi) is 2.07. The van der Waals surface area contributed by atoms with Crippen molar-refractivity contribution in [1.29, 1.82) is 0 Å². The molecule has 68 valence electrons. The van der Waals surface area contributed by atoms with Crippen molar-refractivity contribution in [3.05, 3.63) is 0 Å². The first kappa shape index (κ1) is 8.74. The fourth-order valence-corrected chi connectivity index (χ4v) is 3.33. The predicted molar refractivity (Wildman–Crippen MR) is 53.6 cm³/mol. The molecule has 3 nitrogen and oxygen atoms in total. The average molecular weight is 281 g/mol. The van der Waals surface area contributed by atoms with Gasteiger partial charge in [0, 0.05) is 12.1 Å². The zero-order valence-electron chi connectivity index (χ0n) is 6.72. The number of hydrogen-bond donors (Lipinski definition) is 2. The first-order valence-corrected chi connectivity index (χ1v) is 5.36. The van der Waals surface area contributed by atoms with Crippen LogP contribution < -0.4 is 5.32 Å². The molecule has 0 radical (unpaired) electrons. The molecule has 2 fully saturated rings. The van der Waals surface area contributed by atoms with Crippen molar-refractivity contribution in [3.63, 3.8) is 0 Å². The molecule has 0 saturated carbocycles. The quantitative estimate of drug-likeness (QED) is 0.560. The Bertz CT molecular complexity index is 207. The number of hydrogen-bond acceptors (Lipinski definition) is 2. The fraction of sp³-hybridized carbons (Fsp3) is 0.875. The van der Waals surface area contributed by atoms with Gasteiger partial charge in [-0.05, 0) is 25.7 Å². The van der Waals surface area contributed by atoms with Crippen LogP contribution in [0.25, 0.3) is 0 Å². The van der Waals surface area contributed by atoms with E-state index < -0.39 is 9.39 Å². The third-order valence-electron chi connectivity index (χ3n) is 2.86. The van der Waals surface area contributed by atoms with E-state index in [9.17, 15) is 4.79 Å². The maximum atomic E-state index is 11.0. The highest BCUT2D eigenvalue weighted by Crippen LogP contribution is 2.40. The lowest BCUT2D eigenvalue weighted by Gasteiger charge is -2.33. The Morgan fingerprint density at radius 3 is 2.33 bits per heavy atom. The van der Waals surface area contributed by atoms with Crippen molar-refractivity contribution in [1.82, 2.24) is 5.32 Å². The second kappa shape index (κ2) is 2.83. The van der Waals surface area contributed by atoms with Crippen LogP contribution in [0, 0.1) is 0 Å². The number of carboxylic acids is 1. The van der Waals surface area contributed by atoms with E-state index in [1.165, 1.54) is 0 Å².